The summed E-state index contributed by atoms with van der Waals surface area (Å²) in [5.74, 6) is 0.0457. The van der Waals surface area contributed by atoms with Crippen molar-refractivity contribution in [3.63, 3.8) is 0 Å². The first-order chi connectivity index (χ1) is 5.25. The normalized spacial score (nSPS) is 18.9. The Morgan fingerprint density at radius 3 is 3.09 bits per heavy atom. The van der Waals surface area contributed by atoms with Gasteiger partial charge in [0.05, 0.1) is 6.61 Å². The third kappa shape index (κ3) is 1.80. The highest BCUT2D eigenvalue weighted by Crippen LogP contribution is 2.12. The Morgan fingerprint density at radius 1 is 1.91 bits per heavy atom. The van der Waals surface area contributed by atoms with Crippen molar-refractivity contribution in [3.8, 4) is 0 Å². The summed E-state index contributed by atoms with van der Waals surface area (Å²) >= 11 is 0. The third-order valence-electron chi connectivity index (χ3n) is 1.64. The minimum Gasteiger partial charge on any atom is -0.490 e. The van der Waals surface area contributed by atoms with Crippen molar-refractivity contribution in [3.05, 3.63) is 11.8 Å². The molecule has 1 rings (SSSR count). The number of hydrogen-bond acceptors (Lipinski definition) is 3. The smallest absolute Gasteiger partial charge is 0.225 e. The summed E-state index contributed by atoms with van der Waals surface area (Å²) in [6, 6.07) is 0. The molecule has 0 aromatic rings. The lowest BCUT2D eigenvalue weighted by Gasteiger charge is -2.06. The molecule has 3 nitrogen and oxygen atoms in total. The van der Waals surface area contributed by atoms with E-state index in [0.29, 0.717) is 18.8 Å². The standard InChI is InChI=1S/C8H12O3/c1-2-6(9)8(10)7-4-3-5-11-7/h4,6,9H,2-3,5H2,1H3. The highest BCUT2D eigenvalue weighted by atomic mass is 16.5. The molecule has 0 amide bonds. The van der Waals surface area contributed by atoms with Crippen molar-refractivity contribution in [2.24, 2.45) is 0 Å². The first kappa shape index (κ1) is 8.27. The molecule has 0 saturated carbocycles. The largest absolute Gasteiger partial charge is 0.490 e. The topological polar surface area (TPSA) is 46.5 Å². The first-order valence-electron chi connectivity index (χ1n) is 3.81. The van der Waals surface area contributed by atoms with Crippen molar-refractivity contribution in [2.75, 3.05) is 6.61 Å². The average molecular weight is 156 g/mol. The van der Waals surface area contributed by atoms with Crippen LogP contribution in [0.25, 0.3) is 0 Å². The zero-order valence-electron chi connectivity index (χ0n) is 6.54. The van der Waals surface area contributed by atoms with Gasteiger partial charge in [-0.15, -0.1) is 0 Å². The van der Waals surface area contributed by atoms with Crippen LogP contribution in [0.1, 0.15) is 19.8 Å². The van der Waals surface area contributed by atoms with E-state index in [9.17, 15) is 4.79 Å². The Morgan fingerprint density at radius 2 is 2.64 bits per heavy atom. The predicted molar refractivity (Wildman–Crippen MR) is 40.0 cm³/mol. The highest BCUT2D eigenvalue weighted by Gasteiger charge is 2.21. The zero-order valence-corrected chi connectivity index (χ0v) is 6.54. The second-order valence-corrected chi connectivity index (χ2v) is 2.49. The fraction of sp³-hybridized carbons (Fsp3) is 0.625. The van der Waals surface area contributed by atoms with Crippen molar-refractivity contribution in [2.45, 2.75) is 25.9 Å². The number of carbonyl (C=O) groups is 1. The maximum Gasteiger partial charge on any atom is 0.225 e. The fourth-order valence-electron chi connectivity index (χ4n) is 0.939. The number of aliphatic hydroxyl groups excluding tert-OH is 1. The number of ketones is 1. The summed E-state index contributed by atoms with van der Waals surface area (Å²) < 4.78 is 4.99. The van der Waals surface area contributed by atoms with E-state index < -0.39 is 6.10 Å². The molecule has 1 aliphatic rings. The lowest BCUT2D eigenvalue weighted by atomic mass is 10.1. The van der Waals surface area contributed by atoms with Crippen molar-refractivity contribution in [1.82, 2.24) is 0 Å². The van der Waals surface area contributed by atoms with Crippen LogP contribution >= 0.6 is 0 Å². The molecule has 1 unspecified atom stereocenters. The molecule has 62 valence electrons. The van der Waals surface area contributed by atoms with Crippen LogP contribution in [0.5, 0.6) is 0 Å². The van der Waals surface area contributed by atoms with Gasteiger partial charge < -0.3 is 9.84 Å². The van der Waals surface area contributed by atoms with Crippen molar-refractivity contribution in [1.29, 1.82) is 0 Å². The Labute approximate surface area is 65.7 Å². The van der Waals surface area contributed by atoms with E-state index >= 15 is 0 Å². The molecule has 0 spiro atoms. The minimum atomic E-state index is -0.889. The van der Waals surface area contributed by atoms with E-state index in [1.54, 1.807) is 13.0 Å². The first-order valence-corrected chi connectivity index (χ1v) is 3.81. The van der Waals surface area contributed by atoms with Gasteiger partial charge in [-0.05, 0) is 12.5 Å². The summed E-state index contributed by atoms with van der Waals surface area (Å²) in [6.45, 7) is 2.33. The van der Waals surface area contributed by atoms with E-state index in [1.165, 1.54) is 0 Å². The highest BCUT2D eigenvalue weighted by molar-refractivity contribution is 5.97. The summed E-state index contributed by atoms with van der Waals surface area (Å²) in [7, 11) is 0. The fourth-order valence-corrected chi connectivity index (χ4v) is 0.939. The molecule has 1 N–H and O–H groups in total. The molecule has 3 heteroatoms. The SMILES string of the molecule is CCC(O)C(=O)C1=CCCO1. The van der Waals surface area contributed by atoms with Crippen LogP contribution in [0.3, 0.4) is 0 Å². The molecule has 11 heavy (non-hydrogen) atoms. The second-order valence-electron chi connectivity index (χ2n) is 2.49. The summed E-state index contributed by atoms with van der Waals surface area (Å²) in [6.07, 6.45) is 2.05. The molecule has 0 aliphatic carbocycles. The van der Waals surface area contributed by atoms with Gasteiger partial charge in [0.25, 0.3) is 0 Å². The van der Waals surface area contributed by atoms with Gasteiger partial charge >= 0.3 is 0 Å². The Hall–Kier alpha value is -0.830. The maximum absolute atomic E-state index is 11.1. The molecular weight excluding hydrogens is 144 g/mol. The van der Waals surface area contributed by atoms with Crippen LogP contribution in [-0.4, -0.2) is 23.6 Å². The van der Waals surface area contributed by atoms with E-state index in [0.717, 1.165) is 6.42 Å². The second kappa shape index (κ2) is 3.53. The Bertz CT molecular complexity index is 184. The predicted octanol–water partition coefficient (Wildman–Crippen LogP) is 0.631. The Kier molecular flexibility index (Phi) is 2.65. The van der Waals surface area contributed by atoms with E-state index in [-0.39, 0.29) is 5.78 Å². The van der Waals surface area contributed by atoms with Gasteiger partial charge in [0, 0.05) is 6.42 Å². The van der Waals surface area contributed by atoms with E-state index in [1.807, 2.05) is 0 Å². The summed E-state index contributed by atoms with van der Waals surface area (Å²) in [5, 5.41) is 9.12. The molecule has 0 fully saturated rings. The van der Waals surface area contributed by atoms with Crippen LogP contribution in [0.4, 0.5) is 0 Å². The number of hydrogen-bond donors (Lipinski definition) is 1. The lowest BCUT2D eigenvalue weighted by Crippen LogP contribution is -2.21. The van der Waals surface area contributed by atoms with Crippen LogP contribution in [-0.2, 0) is 9.53 Å². The molecule has 0 aromatic heterocycles. The number of aliphatic hydroxyl groups is 1. The number of carbonyl (C=O) groups excluding carboxylic acids is 1. The third-order valence-corrected chi connectivity index (χ3v) is 1.64. The van der Waals surface area contributed by atoms with Crippen LogP contribution in [0, 0.1) is 0 Å². The Balaban J connectivity index is 2.53. The van der Waals surface area contributed by atoms with Gasteiger partial charge in [-0.2, -0.15) is 0 Å². The minimum absolute atomic E-state index is 0.287. The quantitative estimate of drug-likeness (QED) is 0.652. The molecule has 0 saturated heterocycles. The van der Waals surface area contributed by atoms with E-state index in [4.69, 9.17) is 9.84 Å². The van der Waals surface area contributed by atoms with Gasteiger partial charge in [-0.3, -0.25) is 4.79 Å². The van der Waals surface area contributed by atoms with Crippen LogP contribution < -0.4 is 0 Å². The zero-order chi connectivity index (χ0) is 8.27. The molecule has 0 aromatic carbocycles. The maximum atomic E-state index is 11.1. The van der Waals surface area contributed by atoms with Gasteiger partial charge in [-0.25, -0.2) is 0 Å². The monoisotopic (exact) mass is 156 g/mol. The summed E-state index contributed by atoms with van der Waals surface area (Å²) in [5.41, 5.74) is 0. The number of rotatable bonds is 3. The van der Waals surface area contributed by atoms with Crippen molar-refractivity contribution < 1.29 is 14.6 Å². The number of Topliss-reactive ketones (excluding diaryl/α,β-unsaturated/α-hetero) is 1. The van der Waals surface area contributed by atoms with Crippen LogP contribution in [0.15, 0.2) is 11.8 Å². The van der Waals surface area contributed by atoms with Gasteiger partial charge in [0.15, 0.2) is 5.76 Å². The lowest BCUT2D eigenvalue weighted by molar-refractivity contribution is -0.126. The van der Waals surface area contributed by atoms with Gasteiger partial charge in [0.2, 0.25) is 5.78 Å². The molecule has 1 heterocycles. The molecule has 1 aliphatic heterocycles. The number of ether oxygens (including phenoxy) is 1. The van der Waals surface area contributed by atoms with Gasteiger partial charge in [0.1, 0.15) is 6.10 Å². The molecular formula is C8H12O3. The summed E-state index contributed by atoms with van der Waals surface area (Å²) in [4.78, 5) is 11.1. The molecule has 0 radical (unpaired) electrons. The van der Waals surface area contributed by atoms with Gasteiger partial charge in [-0.1, -0.05) is 6.92 Å². The molecule has 0 bridgehead atoms. The average Bonchev–Trinajstić information content (AvgIpc) is 2.53. The molecule has 1 atom stereocenters. The van der Waals surface area contributed by atoms with Crippen molar-refractivity contribution >= 4 is 5.78 Å². The van der Waals surface area contributed by atoms with Crippen LogP contribution in [0.2, 0.25) is 0 Å². The van der Waals surface area contributed by atoms with E-state index in [2.05, 4.69) is 0 Å².